The van der Waals surface area contributed by atoms with Crippen molar-refractivity contribution < 1.29 is 0 Å². The number of nitriles is 1. The largest absolute Gasteiger partial charge is 0.324 e. The highest BCUT2D eigenvalue weighted by Crippen LogP contribution is 2.20. The molecule has 1 rings (SSSR count). The zero-order valence-corrected chi connectivity index (χ0v) is 10.4. The number of hydrogen-bond acceptors (Lipinski definition) is 4. The summed E-state index contributed by atoms with van der Waals surface area (Å²) in [5.41, 5.74) is 6.33. The Morgan fingerprint density at radius 1 is 1.75 bits per heavy atom. The molecule has 0 aliphatic heterocycles. The SMILES string of the molecule is CCn1c(SC/C=C(\C)C#N)cnc1CN. The number of imidazole rings is 1. The van der Waals surface area contributed by atoms with Gasteiger partial charge in [0.2, 0.25) is 0 Å². The number of rotatable bonds is 5. The Labute approximate surface area is 100 Å². The van der Waals surface area contributed by atoms with E-state index >= 15 is 0 Å². The monoisotopic (exact) mass is 236 g/mol. The summed E-state index contributed by atoms with van der Waals surface area (Å²) < 4.78 is 2.10. The van der Waals surface area contributed by atoms with Crippen LogP contribution in [0.1, 0.15) is 19.7 Å². The molecule has 2 N–H and O–H groups in total. The Kier molecular flexibility index (Phi) is 5.09. The normalized spacial score (nSPS) is 11.5. The zero-order valence-electron chi connectivity index (χ0n) is 9.60. The number of aromatic nitrogens is 2. The van der Waals surface area contributed by atoms with Crippen molar-refractivity contribution in [3.05, 3.63) is 23.7 Å². The third-order valence-corrected chi connectivity index (χ3v) is 3.15. The van der Waals surface area contributed by atoms with Crippen molar-refractivity contribution in [2.45, 2.75) is 32.0 Å². The average Bonchev–Trinajstić information content (AvgIpc) is 2.70. The standard InChI is InChI=1S/C11H16N4S/c1-3-15-10(7-13)14-8-11(15)16-5-4-9(2)6-12/h4,8H,3,5,7,13H2,1-2H3/b9-4+. The first-order valence-corrected chi connectivity index (χ1v) is 6.15. The van der Waals surface area contributed by atoms with E-state index < -0.39 is 0 Å². The van der Waals surface area contributed by atoms with Gasteiger partial charge in [0.25, 0.3) is 0 Å². The van der Waals surface area contributed by atoms with Gasteiger partial charge in [0.1, 0.15) is 5.82 Å². The second-order valence-corrected chi connectivity index (χ2v) is 4.31. The van der Waals surface area contributed by atoms with Gasteiger partial charge in [-0.3, -0.25) is 0 Å². The summed E-state index contributed by atoms with van der Waals surface area (Å²) in [5.74, 6) is 1.70. The van der Waals surface area contributed by atoms with Crippen molar-refractivity contribution in [3.8, 4) is 6.07 Å². The quantitative estimate of drug-likeness (QED) is 0.626. The molecule has 4 nitrogen and oxygen atoms in total. The topological polar surface area (TPSA) is 67.6 Å². The van der Waals surface area contributed by atoms with Crippen LogP contribution < -0.4 is 5.73 Å². The predicted octanol–water partition coefficient (Wildman–Crippen LogP) is 1.92. The Morgan fingerprint density at radius 3 is 3.06 bits per heavy atom. The van der Waals surface area contributed by atoms with Crippen LogP contribution in [0, 0.1) is 11.3 Å². The van der Waals surface area contributed by atoms with E-state index in [1.165, 1.54) is 0 Å². The molecule has 1 aromatic heterocycles. The first-order chi connectivity index (χ1) is 7.72. The number of nitrogens with zero attached hydrogens (tertiary/aromatic N) is 3. The Bertz CT molecular complexity index is 414. The lowest BCUT2D eigenvalue weighted by Crippen LogP contribution is -2.08. The minimum Gasteiger partial charge on any atom is -0.324 e. The molecule has 0 bridgehead atoms. The van der Waals surface area contributed by atoms with Gasteiger partial charge >= 0.3 is 0 Å². The molecule has 5 heteroatoms. The molecule has 0 amide bonds. The summed E-state index contributed by atoms with van der Waals surface area (Å²) in [5, 5.41) is 9.72. The van der Waals surface area contributed by atoms with Crippen LogP contribution in [0.4, 0.5) is 0 Å². The lowest BCUT2D eigenvalue weighted by atomic mass is 10.3. The first kappa shape index (κ1) is 12.8. The van der Waals surface area contributed by atoms with E-state index in [1.807, 2.05) is 19.2 Å². The van der Waals surface area contributed by atoms with Crippen LogP contribution in [0.25, 0.3) is 0 Å². The number of hydrogen-bond donors (Lipinski definition) is 1. The molecule has 86 valence electrons. The number of thioether (sulfide) groups is 1. The summed E-state index contributed by atoms with van der Waals surface area (Å²) in [6, 6.07) is 2.10. The molecular weight excluding hydrogens is 220 g/mol. The van der Waals surface area contributed by atoms with Crippen molar-refractivity contribution in [2.24, 2.45) is 5.73 Å². The highest BCUT2D eigenvalue weighted by Gasteiger charge is 2.06. The van der Waals surface area contributed by atoms with E-state index in [-0.39, 0.29) is 0 Å². The summed E-state index contributed by atoms with van der Waals surface area (Å²) in [6.07, 6.45) is 3.76. The van der Waals surface area contributed by atoms with Gasteiger partial charge in [-0.2, -0.15) is 5.26 Å². The van der Waals surface area contributed by atoms with Gasteiger partial charge in [0.05, 0.1) is 23.8 Å². The van der Waals surface area contributed by atoms with Gasteiger partial charge in [-0.1, -0.05) is 6.08 Å². The van der Waals surface area contributed by atoms with Gasteiger partial charge in [0.15, 0.2) is 0 Å². The van der Waals surface area contributed by atoms with Crippen molar-refractivity contribution in [1.82, 2.24) is 9.55 Å². The third-order valence-electron chi connectivity index (χ3n) is 2.20. The lowest BCUT2D eigenvalue weighted by Gasteiger charge is -2.06. The van der Waals surface area contributed by atoms with Crippen LogP contribution in [0.2, 0.25) is 0 Å². The molecular formula is C11H16N4S. The molecule has 0 saturated heterocycles. The average molecular weight is 236 g/mol. The fourth-order valence-electron chi connectivity index (χ4n) is 1.31. The summed E-state index contributed by atoms with van der Waals surface area (Å²) in [6.45, 7) is 5.21. The molecule has 16 heavy (non-hydrogen) atoms. The lowest BCUT2D eigenvalue weighted by molar-refractivity contribution is 0.651. The molecule has 0 saturated carbocycles. The molecule has 0 atom stereocenters. The predicted molar refractivity (Wildman–Crippen MR) is 65.9 cm³/mol. The second kappa shape index (κ2) is 6.36. The fourth-order valence-corrected chi connectivity index (χ4v) is 2.33. The zero-order chi connectivity index (χ0) is 12.0. The molecule has 0 radical (unpaired) electrons. The molecule has 1 heterocycles. The van der Waals surface area contributed by atoms with Crippen molar-refractivity contribution in [1.29, 1.82) is 5.26 Å². The minimum absolute atomic E-state index is 0.460. The van der Waals surface area contributed by atoms with Gasteiger partial charge in [0, 0.05) is 17.9 Å². The maximum absolute atomic E-state index is 8.61. The molecule has 1 aromatic rings. The van der Waals surface area contributed by atoms with E-state index in [2.05, 4.69) is 22.5 Å². The van der Waals surface area contributed by atoms with Crippen LogP contribution >= 0.6 is 11.8 Å². The molecule has 0 aliphatic rings. The second-order valence-electron chi connectivity index (χ2n) is 3.27. The van der Waals surface area contributed by atoms with Crippen LogP contribution in [-0.4, -0.2) is 15.3 Å². The van der Waals surface area contributed by atoms with E-state index in [1.54, 1.807) is 11.8 Å². The highest BCUT2D eigenvalue weighted by molar-refractivity contribution is 7.99. The first-order valence-electron chi connectivity index (χ1n) is 5.17. The Hall–Kier alpha value is -1.25. The molecule has 0 fully saturated rings. The molecule has 0 spiro atoms. The smallest absolute Gasteiger partial charge is 0.123 e. The minimum atomic E-state index is 0.460. The number of allylic oxidation sites excluding steroid dienone is 1. The summed E-state index contributed by atoms with van der Waals surface area (Å²) >= 11 is 1.67. The van der Waals surface area contributed by atoms with Crippen LogP contribution in [0.15, 0.2) is 22.9 Å². The van der Waals surface area contributed by atoms with Gasteiger partial charge in [-0.15, -0.1) is 11.8 Å². The number of nitrogens with two attached hydrogens (primary N) is 1. The third kappa shape index (κ3) is 3.12. The van der Waals surface area contributed by atoms with Crippen LogP contribution in [-0.2, 0) is 13.1 Å². The van der Waals surface area contributed by atoms with E-state index in [0.29, 0.717) is 6.54 Å². The van der Waals surface area contributed by atoms with Crippen LogP contribution in [0.5, 0.6) is 0 Å². The summed E-state index contributed by atoms with van der Waals surface area (Å²) in [4.78, 5) is 4.25. The van der Waals surface area contributed by atoms with Gasteiger partial charge in [-0.25, -0.2) is 4.98 Å². The van der Waals surface area contributed by atoms with Crippen LogP contribution in [0.3, 0.4) is 0 Å². The maximum atomic E-state index is 8.61. The Morgan fingerprint density at radius 2 is 2.50 bits per heavy atom. The van der Waals surface area contributed by atoms with Gasteiger partial charge in [-0.05, 0) is 13.8 Å². The maximum Gasteiger partial charge on any atom is 0.123 e. The van der Waals surface area contributed by atoms with Crippen molar-refractivity contribution >= 4 is 11.8 Å². The van der Waals surface area contributed by atoms with E-state index in [4.69, 9.17) is 11.0 Å². The summed E-state index contributed by atoms with van der Waals surface area (Å²) in [7, 11) is 0. The van der Waals surface area contributed by atoms with Crippen molar-refractivity contribution in [3.63, 3.8) is 0 Å². The van der Waals surface area contributed by atoms with Crippen molar-refractivity contribution in [2.75, 3.05) is 5.75 Å². The van der Waals surface area contributed by atoms with Gasteiger partial charge < -0.3 is 10.3 Å². The molecule has 0 unspecified atom stereocenters. The van der Waals surface area contributed by atoms with E-state index in [9.17, 15) is 0 Å². The van der Waals surface area contributed by atoms with E-state index in [0.717, 1.165) is 28.7 Å². The Balaban J connectivity index is 2.68. The highest BCUT2D eigenvalue weighted by atomic mass is 32.2. The molecule has 0 aromatic carbocycles. The molecule has 0 aliphatic carbocycles. The fraction of sp³-hybridized carbons (Fsp3) is 0.455.